The van der Waals surface area contributed by atoms with E-state index in [0.29, 0.717) is 12.0 Å². The first kappa shape index (κ1) is 23.1. The molecule has 8 rings (SSSR count). The summed E-state index contributed by atoms with van der Waals surface area (Å²) in [6, 6.07) is 46.6. The minimum absolute atomic E-state index is 0.0264. The van der Waals surface area contributed by atoms with Crippen molar-refractivity contribution in [3.05, 3.63) is 167 Å². The van der Waals surface area contributed by atoms with Crippen LogP contribution in [0.2, 0.25) is 0 Å². The molecule has 2 bridgehead atoms. The zero-order valence-corrected chi connectivity index (χ0v) is 21.9. The number of hydrogen-bond acceptors (Lipinski definition) is 2. The lowest BCUT2D eigenvalue weighted by molar-refractivity contribution is -0.123. The first-order valence-corrected chi connectivity index (χ1v) is 13.9. The maximum Gasteiger partial charge on any atom is 0.167 e. The molecule has 2 heteroatoms. The zero-order valence-electron chi connectivity index (χ0n) is 21.9. The third-order valence-corrected chi connectivity index (χ3v) is 9.40. The van der Waals surface area contributed by atoms with Crippen LogP contribution in [-0.2, 0) is 15.6 Å². The predicted molar refractivity (Wildman–Crippen MR) is 160 cm³/mol. The second-order valence-corrected chi connectivity index (χ2v) is 11.1. The highest BCUT2D eigenvalue weighted by Gasteiger charge is 2.73. The monoisotopic (exact) mass is 514 g/mol. The summed E-state index contributed by atoms with van der Waals surface area (Å²) in [5.41, 5.74) is 2.53. The lowest BCUT2D eigenvalue weighted by Crippen LogP contribution is -2.41. The van der Waals surface area contributed by atoms with E-state index in [-0.39, 0.29) is 11.6 Å². The predicted octanol–water partition coefficient (Wildman–Crippen LogP) is 8.05. The molecule has 0 spiro atoms. The highest BCUT2D eigenvalue weighted by Crippen LogP contribution is 2.68. The van der Waals surface area contributed by atoms with Crippen molar-refractivity contribution in [1.82, 2.24) is 0 Å². The van der Waals surface area contributed by atoms with Crippen molar-refractivity contribution in [1.29, 1.82) is 0 Å². The Kier molecular flexibility index (Phi) is 4.82. The summed E-state index contributed by atoms with van der Waals surface area (Å²) in [4.78, 5) is 30.1. The van der Waals surface area contributed by atoms with Crippen LogP contribution in [0.1, 0.15) is 39.0 Å². The van der Waals surface area contributed by atoms with Crippen molar-refractivity contribution < 1.29 is 9.59 Å². The number of Topliss-reactive ketones (excluding diaryl/α,β-unsaturated/α-hetero) is 2. The van der Waals surface area contributed by atoms with Gasteiger partial charge < -0.3 is 0 Å². The Morgan fingerprint density at radius 3 is 1.55 bits per heavy atom. The Balaban J connectivity index is 1.60. The number of carbonyl (C=O) groups excluding carboxylic acids is 2. The number of hydrogen-bond donors (Lipinski definition) is 0. The molecule has 40 heavy (non-hydrogen) atoms. The van der Waals surface area contributed by atoms with Gasteiger partial charge in [-0.3, -0.25) is 9.59 Å². The number of benzene rings is 6. The van der Waals surface area contributed by atoms with Crippen molar-refractivity contribution in [3.8, 4) is 0 Å². The molecule has 0 aliphatic heterocycles. The largest absolute Gasteiger partial charge is 0.297 e. The molecule has 0 aromatic heterocycles. The van der Waals surface area contributed by atoms with Crippen molar-refractivity contribution in [2.24, 2.45) is 5.92 Å². The first-order valence-electron chi connectivity index (χ1n) is 13.9. The fraction of sp³-hybridized carbons (Fsp3) is 0.105. The Morgan fingerprint density at radius 2 is 0.975 bits per heavy atom. The van der Waals surface area contributed by atoms with E-state index in [9.17, 15) is 4.79 Å². The summed E-state index contributed by atoms with van der Waals surface area (Å²) < 4.78 is 0. The number of ketones is 2. The molecule has 2 nitrogen and oxygen atoms in total. The molecule has 2 aliphatic rings. The maximum atomic E-state index is 15.6. The van der Waals surface area contributed by atoms with Crippen molar-refractivity contribution in [2.75, 3.05) is 0 Å². The summed E-state index contributed by atoms with van der Waals surface area (Å²) in [6.07, 6.45) is 0.438. The van der Waals surface area contributed by atoms with E-state index in [1.165, 1.54) is 0 Å². The standard InChI is InChI=1S/C38H26O2/c39-35(25-14-4-1-5-15-25)32-24-37(26-16-6-2-7-17-26)33-30-22-12-10-20-28(30)29-21-11-13-23-31(29)34(33)38(32,36(37)40)27-18-8-3-9-19-27/h1-23,32H,24H2/t32-,37+,38+/m0/s1. The molecule has 6 aromatic carbocycles. The molecule has 1 saturated carbocycles. The van der Waals surface area contributed by atoms with Gasteiger partial charge in [-0.05, 0) is 50.2 Å². The van der Waals surface area contributed by atoms with Gasteiger partial charge in [0.1, 0.15) is 0 Å². The fourth-order valence-electron chi connectivity index (χ4n) is 7.93. The zero-order chi connectivity index (χ0) is 26.9. The van der Waals surface area contributed by atoms with E-state index in [1.807, 2.05) is 78.9 Å². The summed E-state index contributed by atoms with van der Waals surface area (Å²) in [6.45, 7) is 0. The van der Waals surface area contributed by atoms with Crippen molar-refractivity contribution in [2.45, 2.75) is 17.3 Å². The second-order valence-electron chi connectivity index (χ2n) is 11.1. The number of fused-ring (bicyclic) bond motifs is 10. The summed E-state index contributed by atoms with van der Waals surface area (Å²) in [5.74, 6) is -0.399. The Morgan fingerprint density at radius 1 is 0.525 bits per heavy atom. The highest BCUT2D eigenvalue weighted by molar-refractivity contribution is 6.25. The Labute approximate surface area is 232 Å². The molecule has 0 radical (unpaired) electrons. The molecule has 0 saturated heterocycles. The van der Waals surface area contributed by atoms with Crippen LogP contribution in [0.3, 0.4) is 0 Å². The topological polar surface area (TPSA) is 34.1 Å². The summed E-state index contributed by atoms with van der Waals surface area (Å²) in [7, 11) is 0. The molecule has 3 atom stereocenters. The Hall–Kier alpha value is -4.82. The van der Waals surface area contributed by atoms with Crippen LogP contribution in [0.4, 0.5) is 0 Å². The molecule has 2 aliphatic carbocycles. The maximum absolute atomic E-state index is 15.6. The van der Waals surface area contributed by atoms with E-state index in [1.54, 1.807) is 0 Å². The van der Waals surface area contributed by atoms with Gasteiger partial charge in [0.2, 0.25) is 0 Å². The van der Waals surface area contributed by atoms with Gasteiger partial charge in [0.05, 0.1) is 10.8 Å². The van der Waals surface area contributed by atoms with Crippen LogP contribution in [0.25, 0.3) is 21.5 Å². The third-order valence-electron chi connectivity index (χ3n) is 9.40. The molecule has 0 unspecified atom stereocenters. The fourth-order valence-corrected chi connectivity index (χ4v) is 7.93. The quantitative estimate of drug-likeness (QED) is 0.176. The van der Waals surface area contributed by atoms with Crippen LogP contribution >= 0.6 is 0 Å². The van der Waals surface area contributed by atoms with Crippen LogP contribution in [0.15, 0.2) is 140 Å². The molecular formula is C38H26O2. The summed E-state index contributed by atoms with van der Waals surface area (Å²) in [5, 5.41) is 4.40. The molecule has 0 amide bonds. The van der Waals surface area contributed by atoms with Gasteiger partial charge in [-0.1, -0.05) is 140 Å². The average molecular weight is 515 g/mol. The Bertz CT molecular complexity index is 1960. The van der Waals surface area contributed by atoms with Gasteiger partial charge in [-0.2, -0.15) is 0 Å². The summed E-state index contributed by atoms with van der Waals surface area (Å²) >= 11 is 0. The highest BCUT2D eigenvalue weighted by atomic mass is 16.1. The second kappa shape index (κ2) is 8.34. The van der Waals surface area contributed by atoms with E-state index < -0.39 is 16.7 Å². The number of carbonyl (C=O) groups is 2. The lowest BCUT2D eigenvalue weighted by atomic mass is 9.62. The van der Waals surface area contributed by atoms with E-state index >= 15 is 4.79 Å². The average Bonchev–Trinajstić information content (AvgIpc) is 3.44. The minimum atomic E-state index is -1.11. The van der Waals surface area contributed by atoms with Crippen LogP contribution in [-0.4, -0.2) is 11.6 Å². The minimum Gasteiger partial charge on any atom is -0.297 e. The van der Waals surface area contributed by atoms with Crippen LogP contribution < -0.4 is 0 Å². The SMILES string of the molecule is O=C(c1ccccc1)[C@@H]1C[C@]2(c3ccccc3)C(=O)[C@@]1(c1ccccc1)c1c2c2ccccc2c2ccccc12. The molecule has 0 heterocycles. The lowest BCUT2D eigenvalue weighted by Gasteiger charge is -2.38. The normalized spacial score (nSPS) is 23.0. The van der Waals surface area contributed by atoms with Gasteiger partial charge in [-0.15, -0.1) is 0 Å². The van der Waals surface area contributed by atoms with Crippen molar-refractivity contribution >= 4 is 33.1 Å². The smallest absolute Gasteiger partial charge is 0.167 e. The number of rotatable bonds is 4. The van der Waals surface area contributed by atoms with E-state index in [4.69, 9.17) is 0 Å². The third kappa shape index (κ3) is 2.73. The van der Waals surface area contributed by atoms with Crippen LogP contribution in [0, 0.1) is 5.92 Å². The van der Waals surface area contributed by atoms with Gasteiger partial charge in [-0.25, -0.2) is 0 Å². The van der Waals surface area contributed by atoms with E-state index in [2.05, 4.69) is 60.7 Å². The van der Waals surface area contributed by atoms with Crippen molar-refractivity contribution in [3.63, 3.8) is 0 Å². The first-order chi connectivity index (χ1) is 19.7. The molecule has 6 aromatic rings. The molecule has 190 valence electrons. The molecule has 0 N–H and O–H groups in total. The van der Waals surface area contributed by atoms with Crippen LogP contribution in [0.5, 0.6) is 0 Å². The van der Waals surface area contributed by atoms with Gasteiger partial charge in [0.15, 0.2) is 11.6 Å². The van der Waals surface area contributed by atoms with Gasteiger partial charge in [0.25, 0.3) is 0 Å². The molecular weight excluding hydrogens is 488 g/mol. The van der Waals surface area contributed by atoms with Gasteiger partial charge >= 0.3 is 0 Å². The molecule has 1 fully saturated rings. The van der Waals surface area contributed by atoms with Gasteiger partial charge in [0, 0.05) is 11.5 Å². The van der Waals surface area contributed by atoms with E-state index in [0.717, 1.165) is 43.8 Å².